The second-order valence-corrected chi connectivity index (χ2v) is 5.34. The van der Waals surface area contributed by atoms with Crippen LogP contribution in [0, 0.1) is 0 Å². The van der Waals surface area contributed by atoms with Crippen LogP contribution in [-0.2, 0) is 9.53 Å². The molecule has 0 spiro atoms. The minimum atomic E-state index is -0.389. The van der Waals surface area contributed by atoms with E-state index in [-0.39, 0.29) is 23.7 Å². The molecule has 0 radical (unpaired) electrons. The van der Waals surface area contributed by atoms with Crippen LogP contribution in [0.15, 0.2) is 9.95 Å². The lowest BCUT2D eigenvalue weighted by molar-refractivity contribution is -0.142. The molecule has 1 unspecified atom stereocenters. The van der Waals surface area contributed by atoms with Crippen molar-refractivity contribution >= 4 is 17.7 Å². The van der Waals surface area contributed by atoms with Gasteiger partial charge in [0.05, 0.1) is 7.11 Å². The summed E-state index contributed by atoms with van der Waals surface area (Å²) in [6, 6.07) is -0.121. The summed E-state index contributed by atoms with van der Waals surface area (Å²) in [5, 5.41) is 10.2. The molecule has 106 valence electrons. The highest BCUT2D eigenvalue weighted by Gasteiger charge is 2.29. The third-order valence-electron chi connectivity index (χ3n) is 2.90. The fraction of sp³-hybridized carbons (Fsp3) is 0.727. The third kappa shape index (κ3) is 3.38. The molecule has 2 N–H and O–H groups in total. The van der Waals surface area contributed by atoms with Crippen molar-refractivity contribution in [3.63, 3.8) is 0 Å². The predicted octanol–water partition coefficient (Wildman–Crippen LogP) is 0.150. The zero-order valence-electron chi connectivity index (χ0n) is 11.0. The Balaban J connectivity index is 2.00. The van der Waals surface area contributed by atoms with Crippen LogP contribution >= 0.6 is 11.8 Å². The first kappa shape index (κ1) is 14.1. The zero-order chi connectivity index (χ0) is 13.8. The number of thioether (sulfide) groups is 1. The van der Waals surface area contributed by atoms with Gasteiger partial charge in [-0.05, 0) is 19.4 Å². The fourth-order valence-corrected chi connectivity index (χ4v) is 2.85. The number of likely N-dealkylation sites (N-methyl/N-ethyl adjacent to an activating group) is 1. The summed E-state index contributed by atoms with van der Waals surface area (Å²) < 4.78 is 6.41. The molecule has 1 aromatic rings. The summed E-state index contributed by atoms with van der Waals surface area (Å²) in [6.45, 7) is 2.60. The molecule has 1 heterocycles. The Morgan fingerprint density at radius 3 is 3.00 bits per heavy atom. The molecule has 1 aliphatic rings. The van der Waals surface area contributed by atoms with E-state index in [9.17, 15) is 9.59 Å². The Morgan fingerprint density at radius 2 is 2.42 bits per heavy atom. The number of hydrogen-bond donors (Lipinski definition) is 2. The maximum absolute atomic E-state index is 11.6. The number of carbonyl (C=O) groups is 1. The number of H-pyrrole nitrogens is 1. The first-order valence-electron chi connectivity index (χ1n) is 6.28. The number of hydrogen-bond acceptors (Lipinski definition) is 6. The smallest absolute Gasteiger partial charge is 0.344 e. The Morgan fingerprint density at radius 1 is 1.68 bits per heavy atom. The van der Waals surface area contributed by atoms with Gasteiger partial charge in [-0.3, -0.25) is 9.36 Å². The van der Waals surface area contributed by atoms with Crippen LogP contribution in [0.25, 0.3) is 0 Å². The third-order valence-corrected chi connectivity index (χ3v) is 3.95. The Kier molecular flexibility index (Phi) is 4.65. The molecule has 1 atom stereocenters. The molecule has 0 saturated heterocycles. The molecule has 19 heavy (non-hydrogen) atoms. The van der Waals surface area contributed by atoms with Crippen LogP contribution in [0.1, 0.15) is 25.8 Å². The fourth-order valence-electron chi connectivity index (χ4n) is 1.80. The molecule has 0 amide bonds. The van der Waals surface area contributed by atoms with Gasteiger partial charge in [0.25, 0.3) is 0 Å². The van der Waals surface area contributed by atoms with Crippen LogP contribution in [0.4, 0.5) is 0 Å². The van der Waals surface area contributed by atoms with Gasteiger partial charge in [-0.1, -0.05) is 18.7 Å². The molecule has 7 nitrogen and oxygen atoms in total. The van der Waals surface area contributed by atoms with E-state index in [4.69, 9.17) is 4.74 Å². The summed E-state index contributed by atoms with van der Waals surface area (Å²) >= 11 is 1.39. The number of methoxy groups -OCH3 is 1. The molecule has 1 aromatic heterocycles. The largest absolute Gasteiger partial charge is 0.468 e. The van der Waals surface area contributed by atoms with Crippen molar-refractivity contribution in [2.45, 2.75) is 37.0 Å². The molecule has 1 fully saturated rings. The van der Waals surface area contributed by atoms with Crippen molar-refractivity contribution in [1.29, 1.82) is 0 Å². The number of carbonyl (C=O) groups excluding carboxylic acids is 1. The van der Waals surface area contributed by atoms with Crippen molar-refractivity contribution in [2.24, 2.45) is 0 Å². The topological polar surface area (TPSA) is 89.0 Å². The highest BCUT2D eigenvalue weighted by atomic mass is 32.2. The molecule has 1 saturated carbocycles. The van der Waals surface area contributed by atoms with Gasteiger partial charge >= 0.3 is 11.7 Å². The Hall–Kier alpha value is -1.28. The monoisotopic (exact) mass is 286 g/mol. The van der Waals surface area contributed by atoms with E-state index in [1.807, 2.05) is 6.92 Å². The summed E-state index contributed by atoms with van der Waals surface area (Å²) in [5.74, 6) is 0.183. The molecule has 1 aliphatic carbocycles. The average Bonchev–Trinajstić information content (AvgIpc) is 3.18. The SMILES string of the molecule is CCNC(CSc1n[nH]c(=O)n1C1CC1)C(=O)OC. The lowest BCUT2D eigenvalue weighted by Crippen LogP contribution is -2.39. The summed E-state index contributed by atoms with van der Waals surface area (Å²) in [7, 11) is 1.37. The van der Waals surface area contributed by atoms with Crippen molar-refractivity contribution in [3.8, 4) is 0 Å². The van der Waals surface area contributed by atoms with Gasteiger partial charge < -0.3 is 10.1 Å². The zero-order valence-corrected chi connectivity index (χ0v) is 11.8. The lowest BCUT2D eigenvalue weighted by atomic mass is 10.3. The lowest BCUT2D eigenvalue weighted by Gasteiger charge is -2.14. The number of nitrogens with zero attached hydrogens (tertiary/aromatic N) is 2. The van der Waals surface area contributed by atoms with E-state index < -0.39 is 0 Å². The highest BCUT2D eigenvalue weighted by Crippen LogP contribution is 2.36. The molecule has 0 aliphatic heterocycles. The number of nitrogens with one attached hydrogen (secondary N) is 2. The van der Waals surface area contributed by atoms with Crippen LogP contribution < -0.4 is 11.0 Å². The summed E-state index contributed by atoms with van der Waals surface area (Å²) in [4.78, 5) is 23.2. The normalized spacial score (nSPS) is 16.3. The van der Waals surface area contributed by atoms with Gasteiger partial charge in [0, 0.05) is 11.8 Å². The first-order chi connectivity index (χ1) is 9.17. The molecule has 2 rings (SSSR count). The second-order valence-electron chi connectivity index (χ2n) is 4.36. The van der Waals surface area contributed by atoms with Gasteiger partial charge in [-0.15, -0.1) is 5.10 Å². The number of rotatable bonds is 7. The molecule has 8 heteroatoms. The van der Waals surface area contributed by atoms with Crippen LogP contribution in [0.2, 0.25) is 0 Å². The minimum absolute atomic E-state index is 0.178. The van der Waals surface area contributed by atoms with Crippen molar-refractivity contribution in [2.75, 3.05) is 19.4 Å². The van der Waals surface area contributed by atoms with E-state index in [0.717, 1.165) is 12.8 Å². The van der Waals surface area contributed by atoms with Gasteiger partial charge in [0.15, 0.2) is 5.16 Å². The Labute approximate surface area is 115 Å². The van der Waals surface area contributed by atoms with Gasteiger partial charge in [0.2, 0.25) is 0 Å². The van der Waals surface area contributed by atoms with Crippen LogP contribution in [-0.4, -0.2) is 46.2 Å². The molecule has 0 aromatic carbocycles. The van der Waals surface area contributed by atoms with Crippen LogP contribution in [0.3, 0.4) is 0 Å². The van der Waals surface area contributed by atoms with E-state index in [1.54, 1.807) is 4.57 Å². The van der Waals surface area contributed by atoms with Crippen molar-refractivity contribution < 1.29 is 9.53 Å². The summed E-state index contributed by atoms with van der Waals surface area (Å²) in [6.07, 6.45) is 2.03. The first-order valence-corrected chi connectivity index (χ1v) is 7.26. The summed E-state index contributed by atoms with van der Waals surface area (Å²) in [5.41, 5.74) is -0.178. The molecular formula is C11H18N4O3S. The maximum atomic E-state index is 11.6. The van der Waals surface area contributed by atoms with Gasteiger partial charge in [0.1, 0.15) is 6.04 Å². The number of aromatic nitrogens is 3. The quantitative estimate of drug-likeness (QED) is 0.548. The highest BCUT2D eigenvalue weighted by molar-refractivity contribution is 7.99. The van der Waals surface area contributed by atoms with Crippen molar-refractivity contribution in [3.05, 3.63) is 10.5 Å². The van der Waals surface area contributed by atoms with E-state index in [2.05, 4.69) is 15.5 Å². The minimum Gasteiger partial charge on any atom is -0.468 e. The number of aromatic amines is 1. The molecule has 0 bridgehead atoms. The van der Waals surface area contributed by atoms with E-state index in [1.165, 1.54) is 18.9 Å². The predicted molar refractivity (Wildman–Crippen MR) is 71.3 cm³/mol. The van der Waals surface area contributed by atoms with Crippen molar-refractivity contribution in [1.82, 2.24) is 20.1 Å². The standard InChI is InChI=1S/C11H18N4O3S/c1-3-12-8(9(16)18-2)6-19-11-14-13-10(17)15(11)7-4-5-7/h7-8,12H,3-6H2,1-2H3,(H,13,17). The van der Waals surface area contributed by atoms with Crippen LogP contribution in [0.5, 0.6) is 0 Å². The van der Waals surface area contributed by atoms with Gasteiger partial charge in [-0.2, -0.15) is 0 Å². The maximum Gasteiger partial charge on any atom is 0.344 e. The number of ether oxygens (including phenoxy) is 1. The van der Waals surface area contributed by atoms with Gasteiger partial charge in [-0.25, -0.2) is 9.89 Å². The van der Waals surface area contributed by atoms with E-state index >= 15 is 0 Å². The molecular weight excluding hydrogens is 268 g/mol. The Bertz CT molecular complexity index is 494. The second kappa shape index (κ2) is 6.25. The average molecular weight is 286 g/mol. The number of esters is 1. The van der Waals surface area contributed by atoms with E-state index in [0.29, 0.717) is 17.5 Å².